The highest BCUT2D eigenvalue weighted by atomic mass is 32.3. The monoisotopic (exact) mass is 418 g/mol. The van der Waals surface area contributed by atoms with Crippen molar-refractivity contribution in [3.63, 3.8) is 0 Å². The molecule has 0 aliphatic heterocycles. The fourth-order valence-corrected chi connectivity index (χ4v) is 3.75. The zero-order valence-electron chi connectivity index (χ0n) is 15.8. The second kappa shape index (κ2) is 13.8. The molecule has 0 aliphatic rings. The molecule has 0 amide bonds. The Morgan fingerprint density at radius 3 is 1.81 bits per heavy atom. The number of unbranched alkanes of at least 4 members (excludes halogenated alkanes) is 7. The lowest BCUT2D eigenvalue weighted by molar-refractivity contribution is 0.108. The lowest BCUT2D eigenvalue weighted by atomic mass is 9.94. The lowest BCUT2D eigenvalue weighted by Crippen LogP contribution is -2.26. The summed E-state index contributed by atoms with van der Waals surface area (Å²) in [5.41, 5.74) is 0. The first kappa shape index (κ1) is 25.7. The zero-order chi connectivity index (χ0) is 20.1. The van der Waals surface area contributed by atoms with Gasteiger partial charge in [-0.25, -0.2) is 8.37 Å². The van der Waals surface area contributed by atoms with E-state index in [4.69, 9.17) is 13.3 Å². The number of hydrogen-bond acceptors (Lipinski definition) is 6. The Hall–Kier alpha value is -0.260. The number of rotatable bonds is 17. The summed E-state index contributed by atoms with van der Waals surface area (Å²) in [4.78, 5) is 0. The van der Waals surface area contributed by atoms with Crippen molar-refractivity contribution in [1.29, 1.82) is 0 Å². The minimum atomic E-state index is -4.59. The third kappa shape index (κ3) is 17.2. The first-order chi connectivity index (χ1) is 12.0. The van der Waals surface area contributed by atoms with E-state index in [0.717, 1.165) is 25.7 Å². The quantitative estimate of drug-likeness (QED) is 0.268. The summed E-state index contributed by atoms with van der Waals surface area (Å²) in [5.74, 6) is -0.122. The summed E-state index contributed by atoms with van der Waals surface area (Å²) >= 11 is 0. The molecule has 26 heavy (non-hydrogen) atoms. The van der Waals surface area contributed by atoms with Gasteiger partial charge in [-0.1, -0.05) is 65.2 Å². The largest absolute Gasteiger partial charge is 0.397 e. The van der Waals surface area contributed by atoms with E-state index in [0.29, 0.717) is 0 Å². The molecule has 0 bridgehead atoms. The van der Waals surface area contributed by atoms with Crippen LogP contribution in [0.4, 0.5) is 0 Å². The maximum absolute atomic E-state index is 11.0. The highest BCUT2D eigenvalue weighted by Gasteiger charge is 2.23. The molecule has 0 saturated carbocycles. The van der Waals surface area contributed by atoms with Gasteiger partial charge in [0, 0.05) is 0 Å². The third-order valence-corrected chi connectivity index (χ3v) is 5.21. The summed E-state index contributed by atoms with van der Waals surface area (Å²) in [6, 6.07) is 0. The van der Waals surface area contributed by atoms with E-state index < -0.39 is 26.9 Å². The molecular weight excluding hydrogens is 384 g/mol. The van der Waals surface area contributed by atoms with Gasteiger partial charge in [0.2, 0.25) is 0 Å². The molecule has 2 N–H and O–H groups in total. The maximum atomic E-state index is 11.0. The van der Waals surface area contributed by atoms with E-state index >= 15 is 0 Å². The molecule has 0 rings (SSSR count). The van der Waals surface area contributed by atoms with Crippen molar-refractivity contribution in [3.05, 3.63) is 0 Å². The molecule has 0 saturated heterocycles. The van der Waals surface area contributed by atoms with Gasteiger partial charge in [0.05, 0.1) is 12.7 Å². The van der Waals surface area contributed by atoms with Crippen LogP contribution in [-0.4, -0.2) is 38.7 Å². The van der Waals surface area contributed by atoms with Crippen molar-refractivity contribution >= 4 is 20.8 Å². The van der Waals surface area contributed by atoms with Gasteiger partial charge in [-0.2, -0.15) is 16.8 Å². The van der Waals surface area contributed by atoms with E-state index in [-0.39, 0.29) is 25.4 Å². The second-order valence-corrected chi connectivity index (χ2v) is 8.83. The SMILES string of the molecule is CCCCCCCCCCC(C)C(CCCOS(=O)(=O)O)OS(=O)(=O)O. The molecule has 158 valence electrons. The van der Waals surface area contributed by atoms with Crippen LogP contribution in [-0.2, 0) is 29.2 Å². The van der Waals surface area contributed by atoms with Crippen LogP contribution in [0.2, 0.25) is 0 Å². The molecule has 0 spiro atoms. The predicted molar refractivity (Wildman–Crippen MR) is 99.5 cm³/mol. The Bertz CT molecular complexity index is 545. The molecule has 0 aromatic heterocycles. The van der Waals surface area contributed by atoms with E-state index in [9.17, 15) is 16.8 Å². The molecule has 0 aliphatic carbocycles. The van der Waals surface area contributed by atoms with Gasteiger partial charge in [-0.15, -0.1) is 0 Å². The second-order valence-electron chi connectivity index (χ2n) is 6.70. The molecule has 0 radical (unpaired) electrons. The third-order valence-electron chi connectivity index (χ3n) is 4.26. The molecule has 10 heteroatoms. The molecule has 0 heterocycles. The Morgan fingerprint density at radius 1 is 0.769 bits per heavy atom. The van der Waals surface area contributed by atoms with Crippen molar-refractivity contribution < 1.29 is 34.3 Å². The van der Waals surface area contributed by atoms with Crippen LogP contribution in [0.5, 0.6) is 0 Å². The predicted octanol–water partition coefficient (Wildman–Crippen LogP) is 3.94. The normalized spacial score (nSPS) is 15.1. The van der Waals surface area contributed by atoms with Gasteiger partial charge in [-0.05, 0) is 25.2 Å². The van der Waals surface area contributed by atoms with Crippen molar-refractivity contribution in [2.24, 2.45) is 5.92 Å². The van der Waals surface area contributed by atoms with Crippen LogP contribution >= 0.6 is 0 Å². The van der Waals surface area contributed by atoms with E-state index in [1.54, 1.807) is 0 Å². The first-order valence-electron chi connectivity index (χ1n) is 9.32. The Morgan fingerprint density at radius 2 is 1.31 bits per heavy atom. The Labute approximate surface area is 158 Å². The lowest BCUT2D eigenvalue weighted by Gasteiger charge is -2.22. The highest BCUT2D eigenvalue weighted by molar-refractivity contribution is 7.81. The van der Waals surface area contributed by atoms with Gasteiger partial charge < -0.3 is 0 Å². The van der Waals surface area contributed by atoms with Crippen molar-refractivity contribution in [2.75, 3.05) is 6.61 Å². The van der Waals surface area contributed by atoms with Gasteiger partial charge in [0.25, 0.3) is 0 Å². The fourth-order valence-electron chi connectivity index (χ4n) is 2.82. The summed E-state index contributed by atoms with van der Waals surface area (Å²) in [6.45, 7) is 3.73. The fraction of sp³-hybridized carbons (Fsp3) is 1.00. The molecule has 0 aromatic rings. The molecule has 8 nitrogen and oxygen atoms in total. The zero-order valence-corrected chi connectivity index (χ0v) is 17.4. The Kier molecular flexibility index (Phi) is 13.7. The van der Waals surface area contributed by atoms with Crippen LogP contribution in [0.15, 0.2) is 0 Å². The summed E-state index contributed by atoms with van der Waals surface area (Å²) in [5, 5.41) is 0. The molecular formula is C16H34O8S2. The number of hydrogen-bond donors (Lipinski definition) is 2. The summed E-state index contributed by atoms with van der Waals surface area (Å²) < 4.78 is 69.3. The van der Waals surface area contributed by atoms with Crippen LogP contribution < -0.4 is 0 Å². The topological polar surface area (TPSA) is 127 Å². The van der Waals surface area contributed by atoms with Crippen LogP contribution in [0.3, 0.4) is 0 Å². The van der Waals surface area contributed by atoms with Gasteiger partial charge in [-0.3, -0.25) is 9.11 Å². The van der Waals surface area contributed by atoms with Gasteiger partial charge in [0.15, 0.2) is 0 Å². The van der Waals surface area contributed by atoms with Gasteiger partial charge >= 0.3 is 20.8 Å². The molecule has 0 aromatic carbocycles. The van der Waals surface area contributed by atoms with Gasteiger partial charge in [0.1, 0.15) is 0 Å². The van der Waals surface area contributed by atoms with Crippen molar-refractivity contribution in [1.82, 2.24) is 0 Å². The minimum Gasteiger partial charge on any atom is -0.264 e. The van der Waals surface area contributed by atoms with Crippen LogP contribution in [0, 0.1) is 5.92 Å². The highest BCUT2D eigenvalue weighted by Crippen LogP contribution is 2.22. The van der Waals surface area contributed by atoms with Crippen LogP contribution in [0.1, 0.15) is 84.5 Å². The average molecular weight is 419 g/mol. The first-order valence-corrected chi connectivity index (χ1v) is 12.1. The minimum absolute atomic E-state index is 0.122. The van der Waals surface area contributed by atoms with Crippen LogP contribution in [0.25, 0.3) is 0 Å². The molecule has 2 unspecified atom stereocenters. The molecule has 0 fully saturated rings. The Balaban J connectivity index is 4.16. The summed E-state index contributed by atoms with van der Waals surface area (Å²) in [6.07, 6.45) is 9.67. The standard InChI is InChI=1S/C16H34O8S2/c1-3-4-5-6-7-8-9-10-12-15(2)16(24-26(20,21)22)13-11-14-23-25(17,18)19/h15-16H,3-14H2,1-2H3,(H,17,18,19)(H,20,21,22). The summed E-state index contributed by atoms with van der Waals surface area (Å²) in [7, 11) is -9.11. The molecule has 2 atom stereocenters. The van der Waals surface area contributed by atoms with E-state index in [1.165, 1.54) is 32.1 Å². The van der Waals surface area contributed by atoms with Crippen molar-refractivity contribution in [3.8, 4) is 0 Å². The average Bonchev–Trinajstić information content (AvgIpc) is 2.50. The van der Waals surface area contributed by atoms with E-state index in [1.807, 2.05) is 6.92 Å². The maximum Gasteiger partial charge on any atom is 0.397 e. The smallest absolute Gasteiger partial charge is 0.264 e. The van der Waals surface area contributed by atoms with Crippen molar-refractivity contribution in [2.45, 2.75) is 90.6 Å². The van der Waals surface area contributed by atoms with E-state index in [2.05, 4.69) is 11.1 Å².